The van der Waals surface area contributed by atoms with Gasteiger partial charge < -0.3 is 9.64 Å². The van der Waals surface area contributed by atoms with Gasteiger partial charge in [-0.3, -0.25) is 0 Å². The van der Waals surface area contributed by atoms with E-state index in [4.69, 9.17) is 4.74 Å². The van der Waals surface area contributed by atoms with Gasteiger partial charge in [-0.2, -0.15) is 0 Å². The highest BCUT2D eigenvalue weighted by atomic mass is 16.5. The molecule has 1 aromatic carbocycles. The molecule has 2 nitrogen and oxygen atoms in total. The Kier molecular flexibility index (Phi) is 7.37. The molecule has 0 bridgehead atoms. The summed E-state index contributed by atoms with van der Waals surface area (Å²) in [6.07, 6.45) is 11.0. The molecule has 0 amide bonds. The molecule has 0 spiro atoms. The number of hydrogen-bond acceptors (Lipinski definition) is 1. The summed E-state index contributed by atoms with van der Waals surface area (Å²) in [7, 11) is 0. The second kappa shape index (κ2) is 9.62. The molecule has 21 heavy (non-hydrogen) atoms. The topological polar surface area (TPSA) is 13.7 Å². The molecular weight excluding hydrogens is 258 g/mol. The molecule has 1 fully saturated rings. The fourth-order valence-corrected chi connectivity index (χ4v) is 3.11. The fourth-order valence-electron chi connectivity index (χ4n) is 3.11. The van der Waals surface area contributed by atoms with Gasteiger partial charge in [-0.05, 0) is 56.6 Å². The molecule has 0 radical (unpaired) electrons. The molecule has 1 heterocycles. The Labute approximate surface area is 129 Å². The van der Waals surface area contributed by atoms with Crippen molar-refractivity contribution in [3.8, 4) is 5.75 Å². The van der Waals surface area contributed by atoms with Crippen molar-refractivity contribution < 1.29 is 9.64 Å². The van der Waals surface area contributed by atoms with Crippen molar-refractivity contribution in [3.63, 3.8) is 0 Å². The highest BCUT2D eigenvalue weighted by Gasteiger charge is 2.11. The first-order valence-corrected chi connectivity index (χ1v) is 8.55. The monoisotopic (exact) mass is 288 g/mol. The van der Waals surface area contributed by atoms with Crippen molar-refractivity contribution in [1.29, 1.82) is 0 Å². The zero-order chi connectivity index (χ0) is 14.8. The van der Waals surface area contributed by atoms with Crippen molar-refractivity contribution in [1.82, 2.24) is 0 Å². The van der Waals surface area contributed by atoms with Crippen molar-refractivity contribution in [2.75, 3.05) is 26.2 Å². The summed E-state index contributed by atoms with van der Waals surface area (Å²) >= 11 is 0. The predicted molar refractivity (Wildman–Crippen MR) is 89.1 cm³/mol. The summed E-state index contributed by atoms with van der Waals surface area (Å²) in [5, 5.41) is 0. The summed E-state index contributed by atoms with van der Waals surface area (Å²) in [6, 6.07) is 8.30. The summed E-state index contributed by atoms with van der Waals surface area (Å²) in [5.41, 5.74) is 1.24. The Morgan fingerprint density at radius 1 is 1.05 bits per heavy atom. The fraction of sp³-hybridized carbons (Fsp3) is 0.579. The summed E-state index contributed by atoms with van der Waals surface area (Å²) in [5.74, 6) is 1.03. The molecule has 0 aliphatic carbocycles. The van der Waals surface area contributed by atoms with Gasteiger partial charge in [0.1, 0.15) is 5.75 Å². The number of unbranched alkanes of at least 4 members (excludes halogenated alkanes) is 1. The molecule has 1 aliphatic rings. The third-order valence-electron chi connectivity index (χ3n) is 4.33. The standard InChI is InChI=1S/C19H29NO/c1-2-11-18-12-5-6-13-19(18)21-17-10-9-16-20-14-7-3-4-8-15-20/h2,5-6,12-13H,1,3-4,7-11,14-17H2/p+1. The highest BCUT2D eigenvalue weighted by Crippen LogP contribution is 2.18. The first kappa shape index (κ1) is 16.1. The number of benzene rings is 1. The number of quaternary nitrogens is 1. The maximum absolute atomic E-state index is 5.95. The Morgan fingerprint density at radius 3 is 2.57 bits per heavy atom. The lowest BCUT2D eigenvalue weighted by atomic mass is 10.1. The third kappa shape index (κ3) is 5.92. The molecule has 0 saturated carbocycles. The van der Waals surface area contributed by atoms with Crippen LogP contribution >= 0.6 is 0 Å². The van der Waals surface area contributed by atoms with Gasteiger partial charge in [0.25, 0.3) is 0 Å². The van der Waals surface area contributed by atoms with Crippen LogP contribution in [0.1, 0.15) is 44.1 Å². The van der Waals surface area contributed by atoms with Crippen LogP contribution in [-0.4, -0.2) is 26.2 Å². The summed E-state index contributed by atoms with van der Waals surface area (Å²) < 4.78 is 5.95. The van der Waals surface area contributed by atoms with Gasteiger partial charge in [-0.15, -0.1) is 6.58 Å². The van der Waals surface area contributed by atoms with Crippen LogP contribution in [0.15, 0.2) is 36.9 Å². The van der Waals surface area contributed by atoms with E-state index in [0.717, 1.165) is 25.2 Å². The predicted octanol–water partition coefficient (Wildman–Crippen LogP) is 3.03. The van der Waals surface area contributed by atoms with Gasteiger partial charge in [0.05, 0.1) is 26.2 Å². The zero-order valence-corrected chi connectivity index (χ0v) is 13.3. The quantitative estimate of drug-likeness (QED) is 0.573. The van der Waals surface area contributed by atoms with E-state index in [0.29, 0.717) is 0 Å². The van der Waals surface area contributed by atoms with Crippen molar-refractivity contribution in [2.24, 2.45) is 0 Å². The zero-order valence-electron chi connectivity index (χ0n) is 13.3. The average molecular weight is 288 g/mol. The van der Waals surface area contributed by atoms with Crippen LogP contribution in [0.3, 0.4) is 0 Å². The van der Waals surface area contributed by atoms with E-state index in [2.05, 4.69) is 24.8 Å². The molecule has 2 rings (SSSR count). The molecule has 0 unspecified atom stereocenters. The Balaban J connectivity index is 1.64. The van der Waals surface area contributed by atoms with Crippen LogP contribution in [0, 0.1) is 0 Å². The SMILES string of the molecule is C=CCc1ccccc1OCCCC[NH+]1CCCCCC1. The maximum Gasteiger partial charge on any atom is 0.122 e. The molecule has 1 aromatic rings. The van der Waals surface area contributed by atoms with Gasteiger partial charge in [0, 0.05) is 0 Å². The van der Waals surface area contributed by atoms with Crippen LogP contribution in [0.25, 0.3) is 0 Å². The second-order valence-corrected chi connectivity index (χ2v) is 6.07. The number of likely N-dealkylation sites (tertiary alicyclic amines) is 1. The Bertz CT molecular complexity index is 408. The number of hydrogen-bond donors (Lipinski definition) is 1. The second-order valence-electron chi connectivity index (χ2n) is 6.07. The molecule has 1 aliphatic heterocycles. The van der Waals surface area contributed by atoms with E-state index in [9.17, 15) is 0 Å². The van der Waals surface area contributed by atoms with Crippen LogP contribution in [0.2, 0.25) is 0 Å². The number of ether oxygens (including phenoxy) is 1. The van der Waals surface area contributed by atoms with Gasteiger partial charge in [-0.1, -0.05) is 24.3 Å². The van der Waals surface area contributed by atoms with Gasteiger partial charge in [0.15, 0.2) is 0 Å². The number of para-hydroxylation sites is 1. The third-order valence-corrected chi connectivity index (χ3v) is 4.33. The molecule has 116 valence electrons. The smallest absolute Gasteiger partial charge is 0.122 e. The maximum atomic E-state index is 5.95. The lowest BCUT2D eigenvalue weighted by molar-refractivity contribution is -0.899. The van der Waals surface area contributed by atoms with E-state index in [1.54, 1.807) is 4.90 Å². The summed E-state index contributed by atoms with van der Waals surface area (Å²) in [4.78, 5) is 1.81. The minimum atomic E-state index is 0.835. The normalized spacial score (nSPS) is 16.4. The number of rotatable bonds is 8. The molecule has 2 heteroatoms. The first-order chi connectivity index (χ1) is 10.4. The highest BCUT2D eigenvalue weighted by molar-refractivity contribution is 5.34. The van der Waals surface area contributed by atoms with Gasteiger partial charge >= 0.3 is 0 Å². The lowest BCUT2D eigenvalue weighted by Crippen LogP contribution is -3.11. The van der Waals surface area contributed by atoms with Crippen LogP contribution < -0.4 is 9.64 Å². The number of nitrogens with one attached hydrogen (secondary N) is 1. The Hall–Kier alpha value is -1.28. The average Bonchev–Trinajstić information content (AvgIpc) is 2.77. The van der Waals surface area contributed by atoms with Crippen LogP contribution in [0.5, 0.6) is 5.75 Å². The molecule has 1 saturated heterocycles. The van der Waals surface area contributed by atoms with Crippen molar-refractivity contribution >= 4 is 0 Å². The molecule has 0 atom stereocenters. The lowest BCUT2D eigenvalue weighted by Gasteiger charge is -2.17. The number of allylic oxidation sites excluding steroid dienone is 1. The van der Waals surface area contributed by atoms with Gasteiger partial charge in [0.2, 0.25) is 0 Å². The minimum Gasteiger partial charge on any atom is -0.493 e. The van der Waals surface area contributed by atoms with E-state index < -0.39 is 0 Å². The van der Waals surface area contributed by atoms with Crippen LogP contribution in [-0.2, 0) is 6.42 Å². The van der Waals surface area contributed by atoms with Crippen molar-refractivity contribution in [2.45, 2.75) is 44.9 Å². The van der Waals surface area contributed by atoms with E-state index in [1.807, 2.05) is 12.1 Å². The van der Waals surface area contributed by atoms with Gasteiger partial charge in [-0.25, -0.2) is 0 Å². The molecule has 1 N–H and O–H groups in total. The Morgan fingerprint density at radius 2 is 1.81 bits per heavy atom. The minimum absolute atomic E-state index is 0.835. The molecule has 0 aromatic heterocycles. The van der Waals surface area contributed by atoms with E-state index in [-0.39, 0.29) is 0 Å². The first-order valence-electron chi connectivity index (χ1n) is 8.55. The summed E-state index contributed by atoms with van der Waals surface area (Å²) in [6.45, 7) is 8.72. The van der Waals surface area contributed by atoms with E-state index >= 15 is 0 Å². The van der Waals surface area contributed by atoms with E-state index in [1.165, 1.54) is 57.3 Å². The van der Waals surface area contributed by atoms with Crippen LogP contribution in [0.4, 0.5) is 0 Å². The molecular formula is C19H30NO+. The largest absolute Gasteiger partial charge is 0.493 e. The van der Waals surface area contributed by atoms with Crippen molar-refractivity contribution in [3.05, 3.63) is 42.5 Å².